The van der Waals surface area contributed by atoms with E-state index >= 15 is 0 Å². The van der Waals surface area contributed by atoms with Gasteiger partial charge in [-0.1, -0.05) is 38.1 Å². The number of amides is 2. The van der Waals surface area contributed by atoms with Crippen molar-refractivity contribution in [3.8, 4) is 0 Å². The maximum absolute atomic E-state index is 14.6. The van der Waals surface area contributed by atoms with Crippen LogP contribution in [0.4, 0.5) is 14.5 Å². The Kier molecular flexibility index (Phi) is 9.73. The Hall–Kier alpha value is -3.05. The van der Waals surface area contributed by atoms with Gasteiger partial charge in [0.2, 0.25) is 11.8 Å². The summed E-state index contributed by atoms with van der Waals surface area (Å²) in [6, 6.07) is 9.63. The summed E-state index contributed by atoms with van der Waals surface area (Å²) in [5.74, 6) is -2.26. The number of benzene rings is 2. The van der Waals surface area contributed by atoms with Gasteiger partial charge in [-0.15, -0.1) is 0 Å². The van der Waals surface area contributed by atoms with E-state index in [1.807, 2.05) is 13.8 Å². The highest BCUT2D eigenvalue weighted by Gasteiger charge is 2.33. The zero-order valence-electron chi connectivity index (χ0n) is 20.5. The highest BCUT2D eigenvalue weighted by atomic mass is 32.2. The first-order valence-corrected chi connectivity index (χ1v) is 12.5. The van der Waals surface area contributed by atoms with Gasteiger partial charge in [0.15, 0.2) is 0 Å². The summed E-state index contributed by atoms with van der Waals surface area (Å²) in [5, 5.41) is 2.76. The predicted molar refractivity (Wildman–Crippen MR) is 131 cm³/mol. The molecule has 0 radical (unpaired) electrons. The lowest BCUT2D eigenvalue weighted by Gasteiger charge is -2.33. The van der Waals surface area contributed by atoms with Crippen molar-refractivity contribution in [1.29, 1.82) is 0 Å². The van der Waals surface area contributed by atoms with Gasteiger partial charge >= 0.3 is 10.2 Å². The number of carbonyl (C=O) groups is 2. The van der Waals surface area contributed by atoms with Crippen molar-refractivity contribution < 1.29 is 26.8 Å². The van der Waals surface area contributed by atoms with Gasteiger partial charge in [-0.25, -0.2) is 13.1 Å². The van der Waals surface area contributed by atoms with Gasteiger partial charge in [0.25, 0.3) is 0 Å². The van der Waals surface area contributed by atoms with Crippen LogP contribution in [0.1, 0.15) is 26.3 Å². The zero-order valence-corrected chi connectivity index (χ0v) is 21.4. The Morgan fingerprint density at radius 1 is 0.971 bits per heavy atom. The first-order chi connectivity index (χ1) is 16.3. The van der Waals surface area contributed by atoms with Gasteiger partial charge < -0.3 is 10.2 Å². The lowest BCUT2D eigenvalue weighted by atomic mass is 10.1. The van der Waals surface area contributed by atoms with E-state index in [0.29, 0.717) is 16.4 Å². The standard InChI is InChI=1S/C24H32F2N4O4S/c1-17(2)14-27-24(32)18(3)29(15-19-10-12-20(25)13-11-19)23(31)16-30(35(33,34)28(4)5)22-9-7-6-8-21(22)26/h6-13,17-18H,14-16H2,1-5H3,(H,27,32). The van der Waals surface area contributed by atoms with Crippen molar-refractivity contribution in [2.75, 3.05) is 31.5 Å². The number of halogens is 2. The number of rotatable bonds is 11. The molecule has 0 fully saturated rings. The molecule has 2 rings (SSSR count). The van der Waals surface area contributed by atoms with Crippen LogP contribution in [-0.4, -0.2) is 62.7 Å². The quantitative estimate of drug-likeness (QED) is 0.504. The summed E-state index contributed by atoms with van der Waals surface area (Å²) >= 11 is 0. The van der Waals surface area contributed by atoms with Crippen molar-refractivity contribution in [3.05, 3.63) is 65.7 Å². The first-order valence-electron chi connectivity index (χ1n) is 11.1. The molecule has 192 valence electrons. The SMILES string of the molecule is CC(C)CNC(=O)C(C)N(Cc1ccc(F)cc1)C(=O)CN(c1ccccc1F)S(=O)(=O)N(C)C. The van der Waals surface area contributed by atoms with Crippen molar-refractivity contribution in [3.63, 3.8) is 0 Å². The highest BCUT2D eigenvalue weighted by molar-refractivity contribution is 7.90. The maximum atomic E-state index is 14.6. The number of para-hydroxylation sites is 1. The lowest BCUT2D eigenvalue weighted by Crippen LogP contribution is -2.52. The van der Waals surface area contributed by atoms with Crippen LogP contribution in [0, 0.1) is 17.6 Å². The second-order valence-corrected chi connectivity index (χ2v) is 10.8. The molecule has 1 atom stereocenters. The van der Waals surface area contributed by atoms with Gasteiger partial charge in [0.1, 0.15) is 24.2 Å². The molecule has 0 aliphatic rings. The second kappa shape index (κ2) is 12.1. The topological polar surface area (TPSA) is 90.0 Å². The van der Waals surface area contributed by atoms with Crippen LogP contribution in [0.3, 0.4) is 0 Å². The minimum atomic E-state index is -4.26. The number of carbonyl (C=O) groups excluding carboxylic acids is 2. The largest absolute Gasteiger partial charge is 0.354 e. The van der Waals surface area contributed by atoms with Crippen LogP contribution >= 0.6 is 0 Å². The molecule has 0 spiro atoms. The van der Waals surface area contributed by atoms with Crippen molar-refractivity contribution in [1.82, 2.24) is 14.5 Å². The van der Waals surface area contributed by atoms with E-state index < -0.39 is 46.2 Å². The Bertz CT molecular complexity index is 1120. The maximum Gasteiger partial charge on any atom is 0.304 e. The third-order valence-corrected chi connectivity index (χ3v) is 7.06. The summed E-state index contributed by atoms with van der Waals surface area (Å²) in [7, 11) is -1.72. The van der Waals surface area contributed by atoms with Crippen molar-refractivity contribution in [2.24, 2.45) is 5.92 Å². The Labute approximate surface area is 205 Å². The molecule has 1 N–H and O–H groups in total. The molecule has 0 aromatic heterocycles. The van der Waals surface area contributed by atoms with Gasteiger partial charge in [-0.3, -0.25) is 9.59 Å². The Morgan fingerprint density at radius 2 is 1.57 bits per heavy atom. The van der Waals surface area contributed by atoms with Crippen LogP contribution < -0.4 is 9.62 Å². The number of nitrogens with one attached hydrogen (secondary N) is 1. The van der Waals surface area contributed by atoms with Crippen LogP contribution in [0.5, 0.6) is 0 Å². The minimum Gasteiger partial charge on any atom is -0.354 e. The molecular formula is C24H32F2N4O4S. The molecule has 0 saturated carbocycles. The van der Waals surface area contributed by atoms with E-state index in [9.17, 15) is 26.8 Å². The molecular weight excluding hydrogens is 478 g/mol. The lowest BCUT2D eigenvalue weighted by molar-refractivity contribution is -0.139. The number of hydrogen-bond donors (Lipinski definition) is 1. The monoisotopic (exact) mass is 510 g/mol. The average molecular weight is 511 g/mol. The van der Waals surface area contributed by atoms with Crippen LogP contribution in [0.15, 0.2) is 48.5 Å². The molecule has 2 amide bonds. The molecule has 1 unspecified atom stereocenters. The molecule has 0 aliphatic carbocycles. The van der Waals surface area contributed by atoms with Crippen LogP contribution in [0.25, 0.3) is 0 Å². The fraction of sp³-hybridized carbons (Fsp3) is 0.417. The van der Waals surface area contributed by atoms with Gasteiger partial charge in [0.05, 0.1) is 5.69 Å². The predicted octanol–water partition coefficient (Wildman–Crippen LogP) is 2.77. The molecule has 0 saturated heterocycles. The third kappa shape index (κ3) is 7.46. The van der Waals surface area contributed by atoms with E-state index in [2.05, 4.69) is 5.32 Å². The highest BCUT2D eigenvalue weighted by Crippen LogP contribution is 2.24. The van der Waals surface area contributed by atoms with E-state index in [1.54, 1.807) is 0 Å². The Balaban J connectivity index is 2.44. The normalized spacial score (nSPS) is 12.5. The van der Waals surface area contributed by atoms with E-state index in [-0.39, 0.29) is 18.2 Å². The number of anilines is 1. The fourth-order valence-electron chi connectivity index (χ4n) is 3.18. The van der Waals surface area contributed by atoms with Crippen LogP contribution in [0.2, 0.25) is 0 Å². The summed E-state index contributed by atoms with van der Waals surface area (Å²) in [5.41, 5.74) is 0.240. The minimum absolute atomic E-state index is 0.0809. The molecule has 2 aromatic carbocycles. The van der Waals surface area contributed by atoms with Crippen LogP contribution in [-0.2, 0) is 26.3 Å². The van der Waals surface area contributed by atoms with Crippen molar-refractivity contribution >= 4 is 27.7 Å². The summed E-state index contributed by atoms with van der Waals surface area (Å²) in [6.45, 7) is 4.92. The van der Waals surface area contributed by atoms with Gasteiger partial charge in [-0.2, -0.15) is 12.7 Å². The van der Waals surface area contributed by atoms with Gasteiger partial charge in [-0.05, 0) is 42.7 Å². The first kappa shape index (κ1) is 28.2. The molecule has 8 nitrogen and oxygen atoms in total. The molecule has 0 heterocycles. The second-order valence-electron chi connectivity index (χ2n) is 8.71. The summed E-state index contributed by atoms with van der Waals surface area (Å²) < 4.78 is 55.5. The zero-order chi connectivity index (χ0) is 26.3. The third-order valence-electron chi connectivity index (χ3n) is 5.26. The molecule has 0 aliphatic heterocycles. The molecule has 35 heavy (non-hydrogen) atoms. The number of hydrogen-bond acceptors (Lipinski definition) is 4. The van der Waals surface area contributed by atoms with E-state index in [0.717, 1.165) is 10.4 Å². The molecule has 11 heteroatoms. The van der Waals surface area contributed by atoms with Crippen molar-refractivity contribution in [2.45, 2.75) is 33.4 Å². The van der Waals surface area contributed by atoms with Gasteiger partial charge in [0, 0.05) is 27.2 Å². The average Bonchev–Trinajstić information content (AvgIpc) is 2.80. The fourth-order valence-corrected chi connectivity index (χ4v) is 4.24. The van der Waals surface area contributed by atoms with E-state index in [1.165, 1.54) is 68.4 Å². The summed E-state index contributed by atoms with van der Waals surface area (Å²) in [6.07, 6.45) is 0. The summed E-state index contributed by atoms with van der Waals surface area (Å²) in [4.78, 5) is 27.5. The molecule has 0 bridgehead atoms. The smallest absolute Gasteiger partial charge is 0.304 e. The van der Waals surface area contributed by atoms with E-state index in [4.69, 9.17) is 0 Å². The molecule has 2 aromatic rings. The number of nitrogens with zero attached hydrogens (tertiary/aromatic N) is 3. The Morgan fingerprint density at radius 3 is 2.11 bits per heavy atom.